The van der Waals surface area contributed by atoms with Crippen molar-refractivity contribution in [1.82, 2.24) is 15.0 Å². The molecule has 3 aromatic heterocycles. The van der Waals surface area contributed by atoms with Crippen LogP contribution in [0.5, 0.6) is 0 Å². The summed E-state index contributed by atoms with van der Waals surface area (Å²) in [7, 11) is 0. The Morgan fingerprint density at radius 2 is 1.94 bits per heavy atom. The number of aromatic amines is 1. The molecule has 16 heavy (non-hydrogen) atoms. The van der Waals surface area contributed by atoms with Gasteiger partial charge >= 0.3 is 0 Å². The van der Waals surface area contributed by atoms with E-state index in [1.54, 1.807) is 30.5 Å². The zero-order valence-electron chi connectivity index (χ0n) is 8.07. The van der Waals surface area contributed by atoms with Gasteiger partial charge in [-0.05, 0) is 24.3 Å². The molecule has 0 aromatic carbocycles. The lowest BCUT2D eigenvalue weighted by Crippen LogP contribution is -2.05. The topological polar surface area (TPSA) is 58.6 Å². The molecule has 3 heterocycles. The molecule has 0 spiro atoms. The van der Waals surface area contributed by atoms with Crippen LogP contribution in [0.15, 0.2) is 35.3 Å². The summed E-state index contributed by atoms with van der Waals surface area (Å²) in [6, 6.07) is 6.72. The highest BCUT2D eigenvalue weighted by molar-refractivity contribution is 6.29. The molecule has 0 aliphatic heterocycles. The van der Waals surface area contributed by atoms with Crippen molar-refractivity contribution in [2.75, 3.05) is 0 Å². The Kier molecular flexibility index (Phi) is 1.91. The van der Waals surface area contributed by atoms with Crippen molar-refractivity contribution in [3.8, 4) is 0 Å². The first-order valence-electron chi connectivity index (χ1n) is 4.69. The Balaban J connectivity index is 2.61. The predicted molar refractivity (Wildman–Crippen MR) is 62.7 cm³/mol. The molecule has 3 aromatic rings. The van der Waals surface area contributed by atoms with E-state index in [0.717, 1.165) is 0 Å². The number of hydrogen-bond acceptors (Lipinski definition) is 3. The van der Waals surface area contributed by atoms with Crippen LogP contribution in [0.25, 0.3) is 22.1 Å². The minimum Gasteiger partial charge on any atom is -0.324 e. The Morgan fingerprint density at radius 1 is 1.12 bits per heavy atom. The number of nitrogens with zero attached hydrogens (tertiary/aromatic N) is 2. The lowest BCUT2D eigenvalue weighted by atomic mass is 10.2. The molecule has 78 valence electrons. The first-order valence-corrected chi connectivity index (χ1v) is 5.07. The number of hydrogen-bond donors (Lipinski definition) is 1. The maximum absolute atomic E-state index is 12.1. The molecule has 0 aliphatic carbocycles. The molecular weight excluding hydrogens is 226 g/mol. The first kappa shape index (κ1) is 9.30. The number of fused-ring (bicyclic) bond motifs is 2. The van der Waals surface area contributed by atoms with Gasteiger partial charge in [0.2, 0.25) is 0 Å². The lowest BCUT2D eigenvalue weighted by Gasteiger charge is -2.00. The van der Waals surface area contributed by atoms with Gasteiger partial charge in [-0.1, -0.05) is 11.6 Å². The molecule has 0 saturated heterocycles. The molecule has 0 unspecified atom stereocenters. The van der Waals surface area contributed by atoms with Crippen molar-refractivity contribution in [3.63, 3.8) is 0 Å². The Bertz CT molecular complexity index is 751. The molecule has 0 bridgehead atoms. The van der Waals surface area contributed by atoms with E-state index in [1.165, 1.54) is 0 Å². The fourth-order valence-electron chi connectivity index (χ4n) is 1.66. The third-order valence-electron chi connectivity index (χ3n) is 2.40. The monoisotopic (exact) mass is 231 g/mol. The van der Waals surface area contributed by atoms with Crippen molar-refractivity contribution >= 4 is 33.7 Å². The second kappa shape index (κ2) is 3.28. The van der Waals surface area contributed by atoms with Gasteiger partial charge in [0.25, 0.3) is 0 Å². The summed E-state index contributed by atoms with van der Waals surface area (Å²) >= 11 is 5.77. The minimum absolute atomic E-state index is 0.0824. The summed E-state index contributed by atoms with van der Waals surface area (Å²) in [5.74, 6) is 0. The molecule has 0 radical (unpaired) electrons. The average Bonchev–Trinajstić information content (AvgIpc) is 2.29. The number of halogens is 1. The lowest BCUT2D eigenvalue weighted by molar-refractivity contribution is 1.26. The maximum Gasteiger partial charge on any atom is 0.200 e. The fraction of sp³-hybridized carbons (Fsp3) is 0. The molecule has 3 rings (SSSR count). The normalized spacial score (nSPS) is 11.1. The summed E-state index contributed by atoms with van der Waals surface area (Å²) in [5, 5.41) is 1.42. The van der Waals surface area contributed by atoms with Crippen LogP contribution < -0.4 is 5.43 Å². The SMILES string of the molecule is O=c1c2cccnc2[nH]c2nc(Cl)ccc12. The van der Waals surface area contributed by atoms with Crippen LogP contribution >= 0.6 is 11.6 Å². The van der Waals surface area contributed by atoms with Crippen LogP contribution in [0.3, 0.4) is 0 Å². The van der Waals surface area contributed by atoms with E-state index in [4.69, 9.17) is 11.6 Å². The summed E-state index contributed by atoms with van der Waals surface area (Å²) < 4.78 is 0. The smallest absolute Gasteiger partial charge is 0.200 e. The highest BCUT2D eigenvalue weighted by Gasteiger charge is 2.06. The van der Waals surface area contributed by atoms with Crippen molar-refractivity contribution in [2.24, 2.45) is 0 Å². The highest BCUT2D eigenvalue weighted by atomic mass is 35.5. The highest BCUT2D eigenvalue weighted by Crippen LogP contribution is 2.13. The largest absolute Gasteiger partial charge is 0.324 e. The van der Waals surface area contributed by atoms with Crippen molar-refractivity contribution in [2.45, 2.75) is 0 Å². The zero-order chi connectivity index (χ0) is 11.1. The van der Waals surface area contributed by atoms with E-state index in [0.29, 0.717) is 27.2 Å². The Labute approximate surface area is 94.9 Å². The van der Waals surface area contributed by atoms with E-state index in [-0.39, 0.29) is 5.43 Å². The van der Waals surface area contributed by atoms with Gasteiger partial charge in [-0.15, -0.1) is 0 Å². The summed E-state index contributed by atoms with van der Waals surface area (Å²) in [5.41, 5.74) is 0.902. The molecule has 1 N–H and O–H groups in total. The van der Waals surface area contributed by atoms with Gasteiger partial charge in [-0.2, -0.15) is 0 Å². The van der Waals surface area contributed by atoms with Crippen LogP contribution in [0.2, 0.25) is 5.15 Å². The summed E-state index contributed by atoms with van der Waals surface area (Å²) in [6.07, 6.45) is 1.62. The molecule has 0 amide bonds. The average molecular weight is 232 g/mol. The van der Waals surface area contributed by atoms with E-state index in [9.17, 15) is 4.79 Å². The molecule has 0 fully saturated rings. The van der Waals surface area contributed by atoms with Crippen LogP contribution in [0.1, 0.15) is 0 Å². The molecule has 0 atom stereocenters. The van der Waals surface area contributed by atoms with Gasteiger partial charge in [-0.3, -0.25) is 4.79 Å². The van der Waals surface area contributed by atoms with Gasteiger partial charge in [-0.25, -0.2) is 9.97 Å². The van der Waals surface area contributed by atoms with Gasteiger partial charge in [0.05, 0.1) is 10.8 Å². The second-order valence-corrected chi connectivity index (χ2v) is 3.77. The van der Waals surface area contributed by atoms with Crippen LogP contribution in [-0.2, 0) is 0 Å². The van der Waals surface area contributed by atoms with E-state index in [1.807, 2.05) is 0 Å². The molecule has 0 saturated carbocycles. The van der Waals surface area contributed by atoms with Gasteiger partial charge in [0.1, 0.15) is 16.4 Å². The van der Waals surface area contributed by atoms with E-state index in [2.05, 4.69) is 15.0 Å². The quantitative estimate of drug-likeness (QED) is 0.476. The predicted octanol–water partition coefficient (Wildman–Crippen LogP) is 2.12. The van der Waals surface area contributed by atoms with Gasteiger partial charge < -0.3 is 4.98 Å². The second-order valence-electron chi connectivity index (χ2n) is 3.38. The first-order chi connectivity index (χ1) is 7.75. The fourth-order valence-corrected chi connectivity index (χ4v) is 1.81. The Hall–Kier alpha value is -1.94. The molecular formula is C11H6ClN3O. The standard InChI is InChI=1S/C11H6ClN3O/c12-8-4-3-7-9(16)6-2-1-5-13-10(6)15-11(7)14-8/h1-5H,(H,13,14,15,16). The van der Waals surface area contributed by atoms with Crippen molar-refractivity contribution < 1.29 is 0 Å². The van der Waals surface area contributed by atoms with E-state index < -0.39 is 0 Å². The number of rotatable bonds is 0. The number of aromatic nitrogens is 3. The van der Waals surface area contributed by atoms with Crippen LogP contribution in [0.4, 0.5) is 0 Å². The number of pyridine rings is 3. The Morgan fingerprint density at radius 3 is 2.81 bits per heavy atom. The van der Waals surface area contributed by atoms with Gasteiger partial charge in [0.15, 0.2) is 5.43 Å². The van der Waals surface area contributed by atoms with E-state index >= 15 is 0 Å². The number of H-pyrrole nitrogens is 1. The molecule has 5 heteroatoms. The third-order valence-corrected chi connectivity index (χ3v) is 2.61. The maximum atomic E-state index is 12.1. The van der Waals surface area contributed by atoms with Crippen molar-refractivity contribution in [3.05, 3.63) is 45.8 Å². The summed E-state index contributed by atoms with van der Waals surface area (Å²) in [4.78, 5) is 23.2. The van der Waals surface area contributed by atoms with Gasteiger partial charge in [0, 0.05) is 6.20 Å². The zero-order valence-corrected chi connectivity index (χ0v) is 8.82. The number of nitrogens with one attached hydrogen (secondary N) is 1. The summed E-state index contributed by atoms with van der Waals surface area (Å²) in [6.45, 7) is 0. The van der Waals surface area contributed by atoms with Crippen LogP contribution in [-0.4, -0.2) is 15.0 Å². The van der Waals surface area contributed by atoms with Crippen LogP contribution in [0, 0.1) is 0 Å². The molecule has 4 nitrogen and oxygen atoms in total. The van der Waals surface area contributed by atoms with Crippen molar-refractivity contribution in [1.29, 1.82) is 0 Å². The minimum atomic E-state index is -0.0824. The third kappa shape index (κ3) is 1.27. The molecule has 0 aliphatic rings.